The Morgan fingerprint density at radius 2 is 1.69 bits per heavy atom. The molecule has 3 aliphatic heterocycles. The van der Waals surface area contributed by atoms with Gasteiger partial charge >= 0.3 is 6.03 Å². The van der Waals surface area contributed by atoms with Gasteiger partial charge in [0.15, 0.2) is 11.5 Å². The standard InChI is InChI=1S/C32H35N5O5/c1-2-23-7-6-8-25(17-23)34-31(40)35-15-13-32(14-16-35)30(39)36(21-37(32)26-9-4-3-5-10-26)20-29(38)33-19-24-11-12-27-28(18-24)42-22-41-27/h3-12,17-18H,2,13-16,19-22H2,1H3,(H,33,38)(H,34,40). The number of rotatable bonds is 7. The molecule has 2 fully saturated rings. The minimum absolute atomic E-state index is 0.0492. The molecule has 3 aliphatic rings. The molecule has 1 spiro atoms. The zero-order valence-corrected chi connectivity index (χ0v) is 23.7. The smallest absolute Gasteiger partial charge is 0.321 e. The molecule has 0 unspecified atom stereocenters. The van der Waals surface area contributed by atoms with Crippen LogP contribution in [0.25, 0.3) is 0 Å². The lowest BCUT2D eigenvalue weighted by atomic mass is 9.85. The van der Waals surface area contributed by atoms with Gasteiger partial charge in [0.25, 0.3) is 5.91 Å². The van der Waals surface area contributed by atoms with Gasteiger partial charge in [0, 0.05) is 31.0 Å². The van der Waals surface area contributed by atoms with Gasteiger partial charge in [-0.25, -0.2) is 4.79 Å². The van der Waals surface area contributed by atoms with Crippen molar-refractivity contribution in [2.24, 2.45) is 0 Å². The molecule has 0 saturated carbocycles. The van der Waals surface area contributed by atoms with Gasteiger partial charge in [-0.2, -0.15) is 0 Å². The van der Waals surface area contributed by atoms with Gasteiger partial charge in [-0.15, -0.1) is 0 Å². The topological polar surface area (TPSA) is 103 Å². The molecule has 0 atom stereocenters. The number of ether oxygens (including phenoxy) is 2. The van der Waals surface area contributed by atoms with Crippen molar-refractivity contribution >= 4 is 29.2 Å². The molecule has 10 heteroatoms. The molecule has 10 nitrogen and oxygen atoms in total. The van der Waals surface area contributed by atoms with Crippen molar-refractivity contribution < 1.29 is 23.9 Å². The fourth-order valence-electron chi connectivity index (χ4n) is 5.95. The van der Waals surface area contributed by atoms with E-state index < -0.39 is 5.54 Å². The summed E-state index contributed by atoms with van der Waals surface area (Å²) in [6.45, 7) is 3.70. The summed E-state index contributed by atoms with van der Waals surface area (Å²) in [6, 6.07) is 23.0. The van der Waals surface area contributed by atoms with Crippen LogP contribution in [0.1, 0.15) is 30.9 Å². The Balaban J connectivity index is 1.12. The van der Waals surface area contributed by atoms with Crippen LogP contribution in [0.3, 0.4) is 0 Å². The summed E-state index contributed by atoms with van der Waals surface area (Å²) >= 11 is 0. The van der Waals surface area contributed by atoms with Crippen molar-refractivity contribution in [3.63, 3.8) is 0 Å². The maximum atomic E-state index is 14.0. The zero-order valence-electron chi connectivity index (χ0n) is 23.7. The lowest BCUT2D eigenvalue weighted by molar-refractivity contribution is -0.137. The number of para-hydroxylation sites is 1. The van der Waals surface area contributed by atoms with Crippen LogP contribution in [0.2, 0.25) is 0 Å². The first-order valence-electron chi connectivity index (χ1n) is 14.4. The highest BCUT2D eigenvalue weighted by Gasteiger charge is 2.54. The largest absolute Gasteiger partial charge is 0.454 e. The van der Waals surface area contributed by atoms with Crippen LogP contribution in [0.15, 0.2) is 72.8 Å². The van der Waals surface area contributed by atoms with E-state index in [0.29, 0.717) is 50.6 Å². The maximum Gasteiger partial charge on any atom is 0.321 e. The number of carbonyl (C=O) groups is 3. The Hall–Kier alpha value is -4.73. The molecule has 0 aromatic heterocycles. The number of carbonyl (C=O) groups excluding carboxylic acids is 3. The summed E-state index contributed by atoms with van der Waals surface area (Å²) in [5, 5.41) is 5.93. The fraction of sp³-hybridized carbons (Fsp3) is 0.344. The number of benzene rings is 3. The Morgan fingerprint density at radius 3 is 2.48 bits per heavy atom. The first-order chi connectivity index (χ1) is 20.4. The van der Waals surface area contributed by atoms with Crippen molar-refractivity contribution in [1.82, 2.24) is 15.1 Å². The van der Waals surface area contributed by atoms with Crippen molar-refractivity contribution in [3.8, 4) is 11.5 Å². The fourth-order valence-corrected chi connectivity index (χ4v) is 5.95. The minimum atomic E-state index is -0.822. The number of hydrogen-bond donors (Lipinski definition) is 2. The molecule has 3 heterocycles. The Bertz CT molecular complexity index is 1470. The molecule has 6 rings (SSSR count). The first-order valence-corrected chi connectivity index (χ1v) is 14.4. The predicted octanol–water partition coefficient (Wildman–Crippen LogP) is 3.97. The van der Waals surface area contributed by atoms with Crippen molar-refractivity contribution in [2.45, 2.75) is 38.3 Å². The summed E-state index contributed by atoms with van der Waals surface area (Å²) < 4.78 is 10.8. The van der Waals surface area contributed by atoms with Crippen LogP contribution in [0, 0.1) is 0 Å². The lowest BCUT2D eigenvalue weighted by Crippen LogP contribution is -2.58. The van der Waals surface area contributed by atoms with Gasteiger partial charge in [-0.05, 0) is 66.8 Å². The molecule has 4 amide bonds. The third-order valence-corrected chi connectivity index (χ3v) is 8.31. The number of fused-ring (bicyclic) bond motifs is 1. The molecule has 0 radical (unpaired) electrons. The number of hydrogen-bond acceptors (Lipinski definition) is 6. The van der Waals surface area contributed by atoms with Gasteiger partial charge in [-0.3, -0.25) is 9.59 Å². The van der Waals surface area contributed by atoms with E-state index in [0.717, 1.165) is 28.9 Å². The number of nitrogens with one attached hydrogen (secondary N) is 2. The molecular weight excluding hydrogens is 534 g/mol. The van der Waals surface area contributed by atoms with Gasteiger partial charge in [-0.1, -0.05) is 43.3 Å². The summed E-state index contributed by atoms with van der Waals surface area (Å²) in [6.07, 6.45) is 1.83. The quantitative estimate of drug-likeness (QED) is 0.447. The second kappa shape index (κ2) is 11.6. The summed E-state index contributed by atoms with van der Waals surface area (Å²) in [4.78, 5) is 45.6. The second-order valence-corrected chi connectivity index (χ2v) is 10.9. The number of amides is 4. The Morgan fingerprint density at radius 1 is 0.905 bits per heavy atom. The molecule has 42 heavy (non-hydrogen) atoms. The van der Waals surface area contributed by atoms with Crippen LogP contribution in [0.4, 0.5) is 16.2 Å². The van der Waals surface area contributed by atoms with E-state index in [-0.39, 0.29) is 31.2 Å². The highest BCUT2D eigenvalue weighted by Crippen LogP contribution is 2.39. The lowest BCUT2D eigenvalue weighted by Gasteiger charge is -2.43. The number of urea groups is 1. The van der Waals surface area contributed by atoms with Crippen molar-refractivity contribution in [3.05, 3.63) is 83.9 Å². The predicted molar refractivity (Wildman–Crippen MR) is 158 cm³/mol. The van der Waals surface area contributed by atoms with Crippen LogP contribution in [-0.4, -0.2) is 66.3 Å². The van der Waals surface area contributed by atoms with Gasteiger partial charge < -0.3 is 34.8 Å². The van der Waals surface area contributed by atoms with E-state index in [1.807, 2.05) is 72.8 Å². The van der Waals surface area contributed by atoms with E-state index >= 15 is 0 Å². The number of piperidine rings is 1. The number of anilines is 2. The van der Waals surface area contributed by atoms with E-state index in [9.17, 15) is 14.4 Å². The third-order valence-electron chi connectivity index (χ3n) is 8.31. The number of likely N-dealkylation sites (tertiary alicyclic amines) is 1. The summed E-state index contributed by atoms with van der Waals surface area (Å²) in [5.41, 5.74) is 2.90. The Kier molecular flexibility index (Phi) is 7.60. The zero-order chi connectivity index (χ0) is 29.1. The van der Waals surface area contributed by atoms with Gasteiger partial charge in [0.1, 0.15) is 12.1 Å². The third kappa shape index (κ3) is 5.44. The van der Waals surface area contributed by atoms with E-state index in [2.05, 4.69) is 22.5 Å². The van der Waals surface area contributed by atoms with E-state index in [1.54, 1.807) is 9.80 Å². The molecule has 2 saturated heterocycles. The highest BCUT2D eigenvalue weighted by molar-refractivity contribution is 5.97. The van der Waals surface area contributed by atoms with Crippen molar-refractivity contribution in [1.29, 1.82) is 0 Å². The number of nitrogens with zero attached hydrogens (tertiary/aromatic N) is 3. The maximum absolute atomic E-state index is 14.0. The van der Waals surface area contributed by atoms with Crippen LogP contribution < -0.4 is 25.0 Å². The monoisotopic (exact) mass is 569 g/mol. The molecule has 0 aliphatic carbocycles. The molecule has 218 valence electrons. The summed E-state index contributed by atoms with van der Waals surface area (Å²) in [5.74, 6) is 1.03. The van der Waals surface area contributed by atoms with Gasteiger partial charge in [0.2, 0.25) is 12.7 Å². The molecule has 3 aromatic rings. The van der Waals surface area contributed by atoms with Crippen molar-refractivity contribution in [2.75, 3.05) is 43.3 Å². The first kappa shape index (κ1) is 27.4. The van der Waals surface area contributed by atoms with E-state index in [4.69, 9.17) is 9.47 Å². The normalized spacial score (nSPS) is 17.1. The van der Waals surface area contributed by atoms with Gasteiger partial charge in [0.05, 0.1) is 6.67 Å². The minimum Gasteiger partial charge on any atom is -0.454 e. The molecule has 0 bridgehead atoms. The molecule has 3 aromatic carbocycles. The molecule has 2 N–H and O–H groups in total. The van der Waals surface area contributed by atoms with Crippen LogP contribution in [-0.2, 0) is 22.6 Å². The molecular formula is C32H35N5O5. The second-order valence-electron chi connectivity index (χ2n) is 10.9. The van der Waals surface area contributed by atoms with Crippen LogP contribution >= 0.6 is 0 Å². The highest BCUT2D eigenvalue weighted by atomic mass is 16.7. The van der Waals surface area contributed by atoms with Crippen LogP contribution in [0.5, 0.6) is 11.5 Å². The average molecular weight is 570 g/mol. The van der Waals surface area contributed by atoms with E-state index in [1.165, 1.54) is 0 Å². The Labute approximate surface area is 245 Å². The SMILES string of the molecule is CCc1cccc(NC(=O)N2CCC3(CC2)C(=O)N(CC(=O)NCc2ccc4c(c2)OCO4)CN3c2ccccc2)c1. The summed E-state index contributed by atoms with van der Waals surface area (Å²) in [7, 11) is 0. The average Bonchev–Trinajstić information content (AvgIpc) is 3.59. The number of aryl methyl sites for hydroxylation is 1.